The lowest BCUT2D eigenvalue weighted by molar-refractivity contribution is -0.147. The Hall–Kier alpha value is -3.02. The highest BCUT2D eigenvalue weighted by Crippen LogP contribution is 2.28. The van der Waals surface area contributed by atoms with Crippen LogP contribution in [-0.2, 0) is 20.9 Å². The molecule has 126 valence electrons. The first-order valence-electron chi connectivity index (χ1n) is 7.20. The number of rotatable bonds is 7. The monoisotopic (exact) mass is 330 g/mol. The van der Waals surface area contributed by atoms with Crippen molar-refractivity contribution in [1.82, 2.24) is 0 Å². The molecule has 0 saturated carbocycles. The van der Waals surface area contributed by atoms with E-state index in [4.69, 9.17) is 14.2 Å². The van der Waals surface area contributed by atoms with Gasteiger partial charge in [0.2, 0.25) is 0 Å². The van der Waals surface area contributed by atoms with E-state index in [1.807, 2.05) is 0 Å². The van der Waals surface area contributed by atoms with E-state index in [-0.39, 0.29) is 12.4 Å². The van der Waals surface area contributed by atoms with Crippen LogP contribution in [0.4, 0.5) is 0 Å². The van der Waals surface area contributed by atoms with Gasteiger partial charge in [-0.05, 0) is 35.4 Å². The zero-order valence-electron chi connectivity index (χ0n) is 13.4. The quantitative estimate of drug-likeness (QED) is 0.477. The van der Waals surface area contributed by atoms with Crippen molar-refractivity contribution in [2.75, 3.05) is 14.2 Å². The highest BCUT2D eigenvalue weighted by atomic mass is 16.5. The number of hydrogen-bond acceptors (Lipinski definition) is 6. The van der Waals surface area contributed by atoms with Crippen molar-refractivity contribution in [3.05, 3.63) is 53.6 Å². The minimum atomic E-state index is -1.04. The van der Waals surface area contributed by atoms with E-state index in [1.54, 1.807) is 18.2 Å². The summed E-state index contributed by atoms with van der Waals surface area (Å²) >= 11 is 0. The van der Waals surface area contributed by atoms with Gasteiger partial charge in [0.05, 0.1) is 14.2 Å². The Labute approximate surface area is 139 Å². The first-order valence-corrected chi connectivity index (χ1v) is 7.20. The first kappa shape index (κ1) is 17.3. The van der Waals surface area contributed by atoms with E-state index in [9.17, 15) is 14.7 Å². The van der Waals surface area contributed by atoms with Crippen molar-refractivity contribution in [3.63, 3.8) is 0 Å². The van der Waals surface area contributed by atoms with Crippen LogP contribution in [0.5, 0.6) is 17.2 Å². The molecule has 0 fully saturated rings. The maximum atomic E-state index is 12.1. The highest BCUT2D eigenvalue weighted by Gasteiger charge is 2.21. The highest BCUT2D eigenvalue weighted by molar-refractivity contribution is 5.94. The van der Waals surface area contributed by atoms with E-state index in [1.165, 1.54) is 38.5 Å². The predicted octanol–water partition coefficient (Wildman–Crippen LogP) is 2.44. The summed E-state index contributed by atoms with van der Waals surface area (Å²) in [4.78, 5) is 23.4. The van der Waals surface area contributed by atoms with Gasteiger partial charge in [-0.3, -0.25) is 4.79 Å². The number of phenolic OH excluding ortho intramolecular Hbond substituents is 1. The number of methoxy groups -OCH3 is 2. The van der Waals surface area contributed by atoms with Crippen LogP contribution in [0.3, 0.4) is 0 Å². The van der Waals surface area contributed by atoms with Crippen LogP contribution in [-0.4, -0.2) is 31.6 Å². The second-order valence-electron chi connectivity index (χ2n) is 5.00. The smallest absolute Gasteiger partial charge is 0.321 e. The summed E-state index contributed by atoms with van der Waals surface area (Å²) in [5.41, 5.74) is 1.16. The van der Waals surface area contributed by atoms with Crippen molar-refractivity contribution in [3.8, 4) is 17.2 Å². The van der Waals surface area contributed by atoms with Gasteiger partial charge in [-0.25, -0.2) is 0 Å². The lowest BCUT2D eigenvalue weighted by atomic mass is 10.0. The maximum Gasteiger partial charge on any atom is 0.321 e. The summed E-state index contributed by atoms with van der Waals surface area (Å²) in [5, 5.41) is 9.27. The van der Waals surface area contributed by atoms with Gasteiger partial charge in [0.25, 0.3) is 0 Å². The molecule has 1 atom stereocenters. The number of aromatic hydroxyl groups is 1. The van der Waals surface area contributed by atoms with E-state index >= 15 is 0 Å². The van der Waals surface area contributed by atoms with Crippen LogP contribution < -0.4 is 9.47 Å². The van der Waals surface area contributed by atoms with Crippen molar-refractivity contribution in [1.29, 1.82) is 0 Å². The molecule has 24 heavy (non-hydrogen) atoms. The molecule has 0 amide bonds. The number of ether oxygens (including phenoxy) is 3. The van der Waals surface area contributed by atoms with Gasteiger partial charge in [-0.1, -0.05) is 18.2 Å². The fourth-order valence-corrected chi connectivity index (χ4v) is 2.17. The van der Waals surface area contributed by atoms with E-state index in [0.717, 1.165) is 0 Å². The molecule has 0 bridgehead atoms. The van der Waals surface area contributed by atoms with Gasteiger partial charge in [0.15, 0.2) is 11.5 Å². The molecule has 6 nitrogen and oxygen atoms in total. The summed E-state index contributed by atoms with van der Waals surface area (Å²) in [6.07, 6.45) is 0.517. The first-order chi connectivity index (χ1) is 11.6. The minimum Gasteiger partial charge on any atom is -0.508 e. The van der Waals surface area contributed by atoms with Gasteiger partial charge in [-0.15, -0.1) is 0 Å². The van der Waals surface area contributed by atoms with Gasteiger partial charge >= 0.3 is 5.97 Å². The van der Waals surface area contributed by atoms with Crippen LogP contribution in [0.15, 0.2) is 42.5 Å². The van der Waals surface area contributed by atoms with Gasteiger partial charge in [0.1, 0.15) is 24.6 Å². The number of esters is 1. The van der Waals surface area contributed by atoms with Crippen LogP contribution in [0.1, 0.15) is 17.0 Å². The fourth-order valence-electron chi connectivity index (χ4n) is 2.17. The largest absolute Gasteiger partial charge is 0.508 e. The molecule has 2 aromatic carbocycles. The van der Waals surface area contributed by atoms with Gasteiger partial charge in [-0.2, -0.15) is 0 Å². The molecule has 0 saturated heterocycles. The summed E-state index contributed by atoms with van der Waals surface area (Å²) in [7, 11) is 3.05. The lowest BCUT2D eigenvalue weighted by Gasteiger charge is -2.12. The standard InChI is InChI=1S/C18H18O6/c1-22-16-8-3-12(9-17(16)23-2)11-24-18(21)15(10-19)13-4-6-14(20)7-5-13/h3-10,15,20H,11H2,1-2H3. The second kappa shape index (κ2) is 8.01. The molecule has 0 aliphatic carbocycles. The minimum absolute atomic E-state index is 0.00160. The van der Waals surface area contributed by atoms with Crippen molar-refractivity contribution >= 4 is 12.3 Å². The van der Waals surface area contributed by atoms with E-state index in [2.05, 4.69) is 0 Å². The Bertz CT molecular complexity index is 708. The molecule has 0 aliphatic rings. The number of benzene rings is 2. The molecule has 6 heteroatoms. The normalized spacial score (nSPS) is 11.4. The summed E-state index contributed by atoms with van der Waals surface area (Å²) in [5.74, 6) is -0.544. The number of carbonyl (C=O) groups is 2. The average Bonchev–Trinajstić information content (AvgIpc) is 2.61. The molecule has 2 rings (SSSR count). The van der Waals surface area contributed by atoms with Crippen molar-refractivity contribution < 1.29 is 28.9 Å². The van der Waals surface area contributed by atoms with Crippen LogP contribution in [0.25, 0.3) is 0 Å². The molecule has 0 aromatic heterocycles. The number of aldehydes is 1. The molecule has 0 spiro atoms. The molecular weight excluding hydrogens is 312 g/mol. The average molecular weight is 330 g/mol. The SMILES string of the molecule is COc1ccc(COC(=O)C(C=O)c2ccc(O)cc2)cc1OC. The Morgan fingerprint density at radius 3 is 2.33 bits per heavy atom. The third-order valence-electron chi connectivity index (χ3n) is 3.47. The van der Waals surface area contributed by atoms with Crippen LogP contribution >= 0.6 is 0 Å². The Kier molecular flexibility index (Phi) is 5.78. The van der Waals surface area contributed by atoms with Crippen LogP contribution in [0.2, 0.25) is 0 Å². The van der Waals surface area contributed by atoms with Crippen LogP contribution in [0, 0.1) is 0 Å². The Morgan fingerprint density at radius 1 is 1.08 bits per heavy atom. The Balaban J connectivity index is 2.06. The molecule has 0 aliphatic heterocycles. The number of hydrogen-bond donors (Lipinski definition) is 1. The molecule has 1 unspecified atom stereocenters. The second-order valence-corrected chi connectivity index (χ2v) is 5.00. The van der Waals surface area contributed by atoms with Crippen molar-refractivity contribution in [2.24, 2.45) is 0 Å². The topological polar surface area (TPSA) is 82.1 Å². The Morgan fingerprint density at radius 2 is 1.75 bits per heavy atom. The van der Waals surface area contributed by atoms with Gasteiger partial charge in [0, 0.05) is 0 Å². The summed E-state index contributed by atoms with van der Waals surface area (Å²) in [6.45, 7) is 0.00160. The molecule has 1 N–H and O–H groups in total. The summed E-state index contributed by atoms with van der Waals surface area (Å²) < 4.78 is 15.5. The molecule has 2 aromatic rings. The van der Waals surface area contributed by atoms with E-state index in [0.29, 0.717) is 28.9 Å². The number of phenols is 1. The van der Waals surface area contributed by atoms with Crippen molar-refractivity contribution in [2.45, 2.75) is 12.5 Å². The number of carbonyl (C=O) groups excluding carboxylic acids is 2. The zero-order valence-corrected chi connectivity index (χ0v) is 13.4. The van der Waals surface area contributed by atoms with Gasteiger partial charge < -0.3 is 24.1 Å². The lowest BCUT2D eigenvalue weighted by Crippen LogP contribution is -2.17. The third kappa shape index (κ3) is 4.04. The molecule has 0 heterocycles. The predicted molar refractivity (Wildman–Crippen MR) is 86.3 cm³/mol. The zero-order chi connectivity index (χ0) is 17.5. The maximum absolute atomic E-state index is 12.1. The third-order valence-corrected chi connectivity index (χ3v) is 3.47. The molecule has 0 radical (unpaired) electrons. The molecular formula is C18H18O6. The fraction of sp³-hybridized carbons (Fsp3) is 0.222. The van der Waals surface area contributed by atoms with E-state index < -0.39 is 11.9 Å². The summed E-state index contributed by atoms with van der Waals surface area (Å²) in [6, 6.07) is 11.0.